The minimum absolute atomic E-state index is 0.482. The maximum Gasteiger partial charge on any atom is 0.196 e. The second-order valence-electron chi connectivity index (χ2n) is 6.37. The van der Waals surface area contributed by atoms with Gasteiger partial charge in [0, 0.05) is 40.0 Å². The molecule has 0 amide bonds. The Bertz CT molecular complexity index is 1130. The lowest BCUT2D eigenvalue weighted by Crippen LogP contribution is -1.99. The Morgan fingerprint density at radius 2 is 1.93 bits per heavy atom. The smallest absolute Gasteiger partial charge is 0.196 e. The molecule has 0 aliphatic carbocycles. The van der Waals surface area contributed by atoms with Crippen LogP contribution < -0.4 is 0 Å². The number of hydrogen-bond donors (Lipinski definition) is 1. The van der Waals surface area contributed by atoms with Crippen molar-refractivity contribution in [1.29, 1.82) is 5.26 Å². The molecule has 2 heterocycles. The summed E-state index contributed by atoms with van der Waals surface area (Å²) in [4.78, 5) is 3.41. The Kier molecular flexibility index (Phi) is 4.69. The SMILES string of the molecule is Cc1[nH]c2ccc(-c3nnc(SCCC#N)n3-c3ccccc3)cc2c1C. The van der Waals surface area contributed by atoms with E-state index in [-0.39, 0.29) is 0 Å². The first kappa shape index (κ1) is 17.4. The molecular weight excluding hydrogens is 354 g/mol. The van der Waals surface area contributed by atoms with Crippen molar-refractivity contribution in [2.24, 2.45) is 0 Å². The van der Waals surface area contributed by atoms with Gasteiger partial charge < -0.3 is 4.98 Å². The number of thioether (sulfide) groups is 1. The van der Waals surface area contributed by atoms with Crippen molar-refractivity contribution in [3.63, 3.8) is 0 Å². The minimum Gasteiger partial charge on any atom is -0.358 e. The average Bonchev–Trinajstić information content (AvgIpc) is 3.24. The third kappa shape index (κ3) is 3.22. The Morgan fingerprint density at radius 1 is 1.11 bits per heavy atom. The van der Waals surface area contributed by atoms with E-state index < -0.39 is 0 Å². The minimum atomic E-state index is 0.482. The highest BCUT2D eigenvalue weighted by Crippen LogP contribution is 2.31. The Labute approximate surface area is 162 Å². The number of para-hydroxylation sites is 1. The van der Waals surface area contributed by atoms with Gasteiger partial charge >= 0.3 is 0 Å². The number of hydrogen-bond acceptors (Lipinski definition) is 4. The summed E-state index contributed by atoms with van der Waals surface area (Å²) in [6.07, 6.45) is 0.482. The maximum absolute atomic E-state index is 8.83. The van der Waals surface area contributed by atoms with Crippen molar-refractivity contribution < 1.29 is 0 Å². The highest BCUT2D eigenvalue weighted by molar-refractivity contribution is 7.99. The number of nitriles is 1. The van der Waals surface area contributed by atoms with E-state index in [0.29, 0.717) is 12.2 Å². The van der Waals surface area contributed by atoms with E-state index in [0.717, 1.165) is 27.7 Å². The number of aryl methyl sites for hydroxylation is 2. The molecule has 6 heteroatoms. The molecule has 0 fully saturated rings. The van der Waals surface area contributed by atoms with Crippen LogP contribution in [0.3, 0.4) is 0 Å². The first-order valence-corrected chi connectivity index (χ1v) is 9.77. The molecule has 4 aromatic rings. The van der Waals surface area contributed by atoms with Gasteiger partial charge in [-0.15, -0.1) is 10.2 Å². The summed E-state index contributed by atoms with van der Waals surface area (Å²) >= 11 is 1.55. The molecular formula is C21H19N5S. The highest BCUT2D eigenvalue weighted by Gasteiger charge is 2.17. The van der Waals surface area contributed by atoms with Crippen LogP contribution in [0.2, 0.25) is 0 Å². The largest absolute Gasteiger partial charge is 0.358 e. The van der Waals surface area contributed by atoms with Crippen LogP contribution in [0.25, 0.3) is 28.0 Å². The third-order valence-corrected chi connectivity index (χ3v) is 5.59. The molecule has 0 aliphatic heterocycles. The Morgan fingerprint density at radius 3 is 2.70 bits per heavy atom. The topological polar surface area (TPSA) is 70.3 Å². The van der Waals surface area contributed by atoms with Gasteiger partial charge in [0.15, 0.2) is 11.0 Å². The predicted octanol–water partition coefficient (Wildman–Crippen LogP) is 5.04. The van der Waals surface area contributed by atoms with Gasteiger partial charge in [0.2, 0.25) is 0 Å². The summed E-state index contributed by atoms with van der Waals surface area (Å²) in [5.74, 6) is 1.50. The molecule has 2 aromatic heterocycles. The summed E-state index contributed by atoms with van der Waals surface area (Å²) in [5.41, 5.74) is 5.59. The van der Waals surface area contributed by atoms with Gasteiger partial charge in [-0.3, -0.25) is 4.57 Å². The van der Waals surface area contributed by atoms with Gasteiger partial charge in [-0.1, -0.05) is 30.0 Å². The zero-order valence-electron chi connectivity index (χ0n) is 15.2. The molecule has 0 spiro atoms. The van der Waals surface area contributed by atoms with Crippen LogP contribution in [0.15, 0.2) is 53.7 Å². The Balaban J connectivity index is 1.85. The molecule has 1 N–H and O–H groups in total. The van der Waals surface area contributed by atoms with Crippen molar-refractivity contribution in [3.05, 3.63) is 59.8 Å². The lowest BCUT2D eigenvalue weighted by molar-refractivity contribution is 0.885. The monoisotopic (exact) mass is 373 g/mol. The number of fused-ring (bicyclic) bond motifs is 1. The van der Waals surface area contributed by atoms with E-state index in [2.05, 4.69) is 57.9 Å². The van der Waals surface area contributed by atoms with Crippen LogP contribution in [0, 0.1) is 25.2 Å². The normalized spacial score (nSPS) is 11.0. The van der Waals surface area contributed by atoms with Gasteiger partial charge in [0.25, 0.3) is 0 Å². The quantitative estimate of drug-likeness (QED) is 0.393. The molecule has 2 aromatic carbocycles. The van der Waals surface area contributed by atoms with E-state index in [1.807, 2.05) is 30.3 Å². The van der Waals surface area contributed by atoms with Crippen molar-refractivity contribution in [3.8, 4) is 23.1 Å². The molecule has 0 saturated heterocycles. The molecule has 0 unspecified atom stereocenters. The summed E-state index contributed by atoms with van der Waals surface area (Å²) in [6, 6.07) is 18.6. The zero-order chi connectivity index (χ0) is 18.8. The first-order chi connectivity index (χ1) is 13.2. The fraction of sp³-hybridized carbons (Fsp3) is 0.190. The van der Waals surface area contributed by atoms with Gasteiger partial charge in [0.05, 0.1) is 6.07 Å². The second-order valence-corrected chi connectivity index (χ2v) is 7.43. The van der Waals surface area contributed by atoms with Crippen molar-refractivity contribution >= 4 is 22.7 Å². The standard InChI is InChI=1S/C21H19N5S/c1-14-15(2)23-19-10-9-16(13-18(14)19)20-24-25-21(27-12-6-11-22)26(20)17-7-4-3-5-8-17/h3-5,7-10,13,23H,6,12H2,1-2H3. The number of aromatic nitrogens is 4. The fourth-order valence-electron chi connectivity index (χ4n) is 3.15. The second kappa shape index (κ2) is 7.29. The summed E-state index contributed by atoms with van der Waals surface area (Å²) in [5, 5.41) is 19.7. The first-order valence-electron chi connectivity index (χ1n) is 8.79. The molecule has 0 aliphatic rings. The molecule has 0 atom stereocenters. The molecule has 0 radical (unpaired) electrons. The van der Waals surface area contributed by atoms with E-state index in [9.17, 15) is 0 Å². The van der Waals surface area contributed by atoms with Crippen molar-refractivity contribution in [1.82, 2.24) is 19.7 Å². The van der Waals surface area contributed by atoms with Gasteiger partial charge in [-0.05, 0) is 49.7 Å². The van der Waals surface area contributed by atoms with Crippen molar-refractivity contribution in [2.45, 2.75) is 25.4 Å². The van der Waals surface area contributed by atoms with E-state index in [4.69, 9.17) is 5.26 Å². The summed E-state index contributed by atoms with van der Waals surface area (Å²) in [6.45, 7) is 4.22. The van der Waals surface area contributed by atoms with Crippen LogP contribution in [0.1, 0.15) is 17.7 Å². The van der Waals surface area contributed by atoms with Gasteiger partial charge in [0.1, 0.15) is 0 Å². The Hall–Kier alpha value is -3.04. The number of H-pyrrole nitrogens is 1. The van der Waals surface area contributed by atoms with Crippen LogP contribution >= 0.6 is 11.8 Å². The molecule has 134 valence electrons. The molecule has 0 bridgehead atoms. The maximum atomic E-state index is 8.83. The van der Waals surface area contributed by atoms with Crippen LogP contribution in [0.4, 0.5) is 0 Å². The molecule has 0 saturated carbocycles. The molecule has 27 heavy (non-hydrogen) atoms. The van der Waals surface area contributed by atoms with Gasteiger partial charge in [-0.2, -0.15) is 5.26 Å². The number of aromatic amines is 1. The fourth-order valence-corrected chi connectivity index (χ4v) is 3.94. The number of rotatable bonds is 5. The number of nitrogens with zero attached hydrogens (tertiary/aromatic N) is 4. The van der Waals surface area contributed by atoms with Crippen LogP contribution in [0.5, 0.6) is 0 Å². The van der Waals surface area contributed by atoms with Crippen molar-refractivity contribution in [2.75, 3.05) is 5.75 Å². The summed E-state index contributed by atoms with van der Waals surface area (Å²) < 4.78 is 2.07. The van der Waals surface area contributed by atoms with E-state index in [1.165, 1.54) is 16.6 Å². The zero-order valence-corrected chi connectivity index (χ0v) is 16.0. The predicted molar refractivity (Wildman–Crippen MR) is 109 cm³/mol. The van der Waals surface area contributed by atoms with Crippen LogP contribution in [-0.2, 0) is 0 Å². The van der Waals surface area contributed by atoms with E-state index in [1.54, 1.807) is 11.8 Å². The average molecular weight is 373 g/mol. The molecule has 5 nitrogen and oxygen atoms in total. The lowest BCUT2D eigenvalue weighted by Gasteiger charge is -2.10. The van der Waals surface area contributed by atoms with E-state index >= 15 is 0 Å². The number of benzene rings is 2. The van der Waals surface area contributed by atoms with Gasteiger partial charge in [-0.25, -0.2) is 0 Å². The number of nitrogens with one attached hydrogen (secondary N) is 1. The summed E-state index contributed by atoms with van der Waals surface area (Å²) in [7, 11) is 0. The highest BCUT2D eigenvalue weighted by atomic mass is 32.2. The molecule has 4 rings (SSSR count). The lowest BCUT2D eigenvalue weighted by atomic mass is 10.1. The van der Waals surface area contributed by atoms with Crippen LogP contribution in [-0.4, -0.2) is 25.5 Å². The third-order valence-electron chi connectivity index (χ3n) is 4.66.